The van der Waals surface area contributed by atoms with Crippen molar-refractivity contribution in [1.29, 1.82) is 0 Å². The zero-order valence-electron chi connectivity index (χ0n) is 7.62. The van der Waals surface area contributed by atoms with Gasteiger partial charge in [0.15, 0.2) is 0 Å². The van der Waals surface area contributed by atoms with Crippen molar-refractivity contribution in [3.63, 3.8) is 0 Å². The van der Waals surface area contributed by atoms with Crippen LogP contribution in [0, 0.1) is 11.8 Å². The summed E-state index contributed by atoms with van der Waals surface area (Å²) in [7, 11) is 1.37. The van der Waals surface area contributed by atoms with Crippen LogP contribution >= 0.6 is 0 Å². The maximum Gasteiger partial charge on any atom is 0.311 e. The molecular weight excluding hydrogens is 156 g/mol. The third kappa shape index (κ3) is 1.97. The highest BCUT2D eigenvalue weighted by Gasteiger charge is 2.32. The summed E-state index contributed by atoms with van der Waals surface area (Å²) in [4.78, 5) is 11.1. The molecule has 0 bridgehead atoms. The number of esters is 1. The second kappa shape index (κ2) is 3.90. The monoisotopic (exact) mass is 172 g/mol. The van der Waals surface area contributed by atoms with Gasteiger partial charge in [0.25, 0.3) is 0 Å². The van der Waals surface area contributed by atoms with E-state index in [1.807, 2.05) is 0 Å². The molecule has 3 nitrogen and oxygen atoms in total. The van der Waals surface area contributed by atoms with Crippen LogP contribution < -0.4 is 0 Å². The Morgan fingerprint density at radius 3 is 2.67 bits per heavy atom. The van der Waals surface area contributed by atoms with Gasteiger partial charge in [-0.2, -0.15) is 0 Å². The van der Waals surface area contributed by atoms with Crippen molar-refractivity contribution in [3.8, 4) is 0 Å². The second-order valence-electron chi connectivity index (χ2n) is 3.62. The van der Waals surface area contributed by atoms with Crippen molar-refractivity contribution in [1.82, 2.24) is 0 Å². The average molecular weight is 172 g/mol. The number of methoxy groups -OCH3 is 1. The molecule has 0 spiro atoms. The molecule has 0 aromatic heterocycles. The van der Waals surface area contributed by atoms with E-state index in [-0.39, 0.29) is 11.9 Å². The minimum atomic E-state index is -0.499. The third-order valence-corrected chi connectivity index (χ3v) is 2.58. The van der Waals surface area contributed by atoms with E-state index < -0.39 is 6.10 Å². The standard InChI is InChI=1S/C9H16O3/c1-6-3-4-7(8(10)5-6)9(11)12-2/h6-8,10H,3-5H2,1-2H3/t6-,7-,8-/m1/s1. The Bertz CT molecular complexity index is 167. The normalized spacial score (nSPS) is 36.1. The smallest absolute Gasteiger partial charge is 0.311 e. The first kappa shape index (κ1) is 9.52. The number of aliphatic hydroxyl groups excluding tert-OH is 1. The Morgan fingerprint density at radius 1 is 1.50 bits per heavy atom. The first-order chi connectivity index (χ1) is 5.65. The highest BCUT2D eigenvalue weighted by atomic mass is 16.5. The zero-order chi connectivity index (χ0) is 9.14. The number of rotatable bonds is 1. The molecule has 0 unspecified atom stereocenters. The quantitative estimate of drug-likeness (QED) is 0.599. The molecule has 3 atom stereocenters. The molecule has 0 aromatic carbocycles. The van der Waals surface area contributed by atoms with Gasteiger partial charge in [-0.15, -0.1) is 0 Å². The predicted octanol–water partition coefficient (Wildman–Crippen LogP) is 0.956. The Hall–Kier alpha value is -0.570. The topological polar surface area (TPSA) is 46.5 Å². The minimum Gasteiger partial charge on any atom is -0.469 e. The van der Waals surface area contributed by atoms with Crippen LogP contribution in [-0.4, -0.2) is 24.3 Å². The Kier molecular flexibility index (Phi) is 3.09. The molecule has 1 rings (SSSR count). The van der Waals surface area contributed by atoms with E-state index >= 15 is 0 Å². The molecule has 1 aliphatic carbocycles. The summed E-state index contributed by atoms with van der Waals surface area (Å²) in [6, 6.07) is 0. The maximum atomic E-state index is 11.1. The lowest BCUT2D eigenvalue weighted by atomic mass is 9.81. The lowest BCUT2D eigenvalue weighted by Gasteiger charge is -2.29. The summed E-state index contributed by atoms with van der Waals surface area (Å²) >= 11 is 0. The number of carbonyl (C=O) groups excluding carboxylic acids is 1. The number of ether oxygens (including phenoxy) is 1. The van der Waals surface area contributed by atoms with Crippen LogP contribution in [-0.2, 0) is 9.53 Å². The molecule has 0 radical (unpaired) electrons. The van der Waals surface area contributed by atoms with Gasteiger partial charge < -0.3 is 9.84 Å². The summed E-state index contributed by atoms with van der Waals surface area (Å²) in [6.45, 7) is 2.09. The fourth-order valence-electron chi connectivity index (χ4n) is 1.78. The van der Waals surface area contributed by atoms with Crippen LogP contribution in [0.25, 0.3) is 0 Å². The van der Waals surface area contributed by atoms with Crippen molar-refractivity contribution in [2.45, 2.75) is 32.3 Å². The van der Waals surface area contributed by atoms with E-state index in [1.165, 1.54) is 7.11 Å². The van der Waals surface area contributed by atoms with Crippen LogP contribution in [0.3, 0.4) is 0 Å². The van der Waals surface area contributed by atoms with Gasteiger partial charge in [-0.3, -0.25) is 4.79 Å². The zero-order valence-corrected chi connectivity index (χ0v) is 7.62. The first-order valence-corrected chi connectivity index (χ1v) is 4.41. The summed E-state index contributed by atoms with van der Waals surface area (Å²) < 4.78 is 4.60. The van der Waals surface area contributed by atoms with Gasteiger partial charge in [0.1, 0.15) is 0 Å². The van der Waals surface area contributed by atoms with Gasteiger partial charge in [0, 0.05) is 0 Å². The van der Waals surface area contributed by atoms with Crippen molar-refractivity contribution in [2.24, 2.45) is 11.8 Å². The SMILES string of the molecule is COC(=O)[C@@H]1CC[C@@H](C)C[C@H]1O. The number of aliphatic hydroxyl groups is 1. The molecule has 0 aliphatic heterocycles. The summed E-state index contributed by atoms with van der Waals surface area (Å²) in [5, 5.41) is 9.54. The van der Waals surface area contributed by atoms with Gasteiger partial charge in [-0.05, 0) is 25.2 Å². The fourth-order valence-corrected chi connectivity index (χ4v) is 1.78. The van der Waals surface area contributed by atoms with E-state index in [9.17, 15) is 9.90 Å². The number of carbonyl (C=O) groups is 1. The second-order valence-corrected chi connectivity index (χ2v) is 3.62. The van der Waals surface area contributed by atoms with Gasteiger partial charge in [-0.1, -0.05) is 6.92 Å². The average Bonchev–Trinajstić information content (AvgIpc) is 2.03. The molecule has 12 heavy (non-hydrogen) atoms. The predicted molar refractivity (Wildman–Crippen MR) is 44.5 cm³/mol. The van der Waals surface area contributed by atoms with Crippen molar-refractivity contribution in [3.05, 3.63) is 0 Å². The summed E-state index contributed by atoms with van der Waals surface area (Å²) in [6.07, 6.45) is 1.99. The van der Waals surface area contributed by atoms with Crippen LogP contribution in [0.4, 0.5) is 0 Å². The number of hydrogen-bond donors (Lipinski definition) is 1. The molecular formula is C9H16O3. The van der Waals surface area contributed by atoms with Gasteiger partial charge in [0.05, 0.1) is 19.1 Å². The summed E-state index contributed by atoms with van der Waals surface area (Å²) in [5.74, 6) is -0.0264. The highest BCUT2D eigenvalue weighted by molar-refractivity contribution is 5.73. The molecule has 0 aromatic rings. The van der Waals surface area contributed by atoms with E-state index in [0.29, 0.717) is 5.92 Å². The maximum absolute atomic E-state index is 11.1. The summed E-state index contributed by atoms with van der Waals surface area (Å²) in [5.41, 5.74) is 0. The van der Waals surface area contributed by atoms with Crippen LogP contribution in [0.15, 0.2) is 0 Å². The van der Waals surface area contributed by atoms with E-state index in [1.54, 1.807) is 0 Å². The van der Waals surface area contributed by atoms with Crippen LogP contribution in [0.1, 0.15) is 26.2 Å². The van der Waals surface area contributed by atoms with Crippen molar-refractivity contribution >= 4 is 5.97 Å². The Labute approximate surface area is 72.7 Å². The Morgan fingerprint density at radius 2 is 2.17 bits per heavy atom. The van der Waals surface area contributed by atoms with Gasteiger partial charge in [-0.25, -0.2) is 0 Å². The highest BCUT2D eigenvalue weighted by Crippen LogP contribution is 2.29. The molecule has 3 heteroatoms. The molecule has 1 fully saturated rings. The van der Waals surface area contributed by atoms with Crippen LogP contribution in [0.5, 0.6) is 0 Å². The minimum absolute atomic E-state index is 0.269. The molecule has 70 valence electrons. The molecule has 1 aliphatic rings. The van der Waals surface area contributed by atoms with Gasteiger partial charge >= 0.3 is 5.97 Å². The largest absolute Gasteiger partial charge is 0.469 e. The molecule has 1 saturated carbocycles. The molecule has 0 heterocycles. The van der Waals surface area contributed by atoms with E-state index in [4.69, 9.17) is 0 Å². The fraction of sp³-hybridized carbons (Fsp3) is 0.889. The molecule has 0 amide bonds. The lowest BCUT2D eigenvalue weighted by Crippen LogP contribution is -2.34. The van der Waals surface area contributed by atoms with E-state index in [0.717, 1.165) is 19.3 Å². The lowest BCUT2D eigenvalue weighted by molar-refractivity contribution is -0.151. The van der Waals surface area contributed by atoms with Gasteiger partial charge in [0.2, 0.25) is 0 Å². The third-order valence-electron chi connectivity index (χ3n) is 2.58. The van der Waals surface area contributed by atoms with Crippen molar-refractivity contribution < 1.29 is 14.6 Å². The molecule has 1 N–H and O–H groups in total. The van der Waals surface area contributed by atoms with E-state index in [2.05, 4.69) is 11.7 Å². The number of hydrogen-bond acceptors (Lipinski definition) is 3. The molecule has 0 saturated heterocycles. The first-order valence-electron chi connectivity index (χ1n) is 4.41. The van der Waals surface area contributed by atoms with Crippen molar-refractivity contribution in [2.75, 3.05) is 7.11 Å². The van der Waals surface area contributed by atoms with Crippen LogP contribution in [0.2, 0.25) is 0 Å². The Balaban J connectivity index is 2.50.